The number of unbranched alkanes of at least 4 members (excludes halogenated alkanes) is 1. The molecule has 13 heavy (non-hydrogen) atoms. The minimum Gasteiger partial charge on any atom is -0.372 e. The highest BCUT2D eigenvalue weighted by Crippen LogP contribution is 1.97. The molecule has 0 aromatic carbocycles. The number of rotatable bonds is 8. The topological polar surface area (TPSA) is 38.3 Å². The van der Waals surface area contributed by atoms with Gasteiger partial charge in [0.05, 0.1) is 0 Å². The monoisotopic (exact) mass is 205 g/mol. The van der Waals surface area contributed by atoms with Crippen LogP contribution in [-0.4, -0.2) is 37.7 Å². The Morgan fingerprint density at radius 1 is 1.46 bits per heavy atom. The fourth-order valence-electron chi connectivity index (χ4n) is 0.845. The number of amides is 1. The van der Waals surface area contributed by atoms with E-state index < -0.39 is 0 Å². The van der Waals surface area contributed by atoms with E-state index in [1.54, 1.807) is 0 Å². The summed E-state index contributed by atoms with van der Waals surface area (Å²) in [6, 6.07) is 0. The zero-order valence-corrected chi connectivity index (χ0v) is 9.28. The molecule has 0 aromatic rings. The minimum atomic E-state index is -0.00833. The summed E-state index contributed by atoms with van der Waals surface area (Å²) in [5, 5.41) is 2.80. The second-order valence-corrected chi connectivity index (χ2v) is 3.67. The van der Waals surface area contributed by atoms with Gasteiger partial charge in [-0.05, 0) is 31.8 Å². The second kappa shape index (κ2) is 9.86. The zero-order chi connectivity index (χ0) is 9.94. The first kappa shape index (κ1) is 12.8. The number of hydrogen-bond acceptors (Lipinski definition) is 3. The van der Waals surface area contributed by atoms with E-state index in [2.05, 4.69) is 11.6 Å². The lowest BCUT2D eigenvalue weighted by Crippen LogP contribution is -2.28. The lowest BCUT2D eigenvalue weighted by molar-refractivity contribution is -0.125. The third-order valence-electron chi connectivity index (χ3n) is 1.53. The Kier molecular flexibility index (Phi) is 9.70. The van der Waals surface area contributed by atoms with Gasteiger partial charge in [0.15, 0.2) is 0 Å². The molecule has 1 amide bonds. The van der Waals surface area contributed by atoms with Gasteiger partial charge in [-0.25, -0.2) is 0 Å². The molecular weight excluding hydrogens is 186 g/mol. The zero-order valence-electron chi connectivity index (χ0n) is 8.47. The number of ether oxygens (including phenoxy) is 1. The average Bonchev–Trinajstić information content (AvgIpc) is 2.14. The SMILES string of the molecule is CCOCC(=O)NCCCCSC. The molecule has 0 aliphatic carbocycles. The van der Waals surface area contributed by atoms with Crippen molar-refractivity contribution in [1.29, 1.82) is 0 Å². The van der Waals surface area contributed by atoms with Crippen molar-refractivity contribution in [3.63, 3.8) is 0 Å². The Hall–Kier alpha value is -0.220. The Morgan fingerprint density at radius 3 is 2.85 bits per heavy atom. The van der Waals surface area contributed by atoms with Crippen LogP contribution < -0.4 is 5.32 Å². The van der Waals surface area contributed by atoms with Crippen LogP contribution >= 0.6 is 11.8 Å². The average molecular weight is 205 g/mol. The molecule has 0 fully saturated rings. The molecule has 0 radical (unpaired) electrons. The highest BCUT2D eigenvalue weighted by atomic mass is 32.2. The Bertz CT molecular complexity index is 131. The summed E-state index contributed by atoms with van der Waals surface area (Å²) < 4.78 is 4.96. The first-order valence-corrected chi connectivity index (χ1v) is 6.04. The van der Waals surface area contributed by atoms with Gasteiger partial charge in [0.2, 0.25) is 5.91 Å². The van der Waals surface area contributed by atoms with E-state index >= 15 is 0 Å². The van der Waals surface area contributed by atoms with E-state index in [4.69, 9.17) is 4.74 Å². The smallest absolute Gasteiger partial charge is 0.245 e. The van der Waals surface area contributed by atoms with Gasteiger partial charge in [-0.15, -0.1) is 0 Å². The summed E-state index contributed by atoms with van der Waals surface area (Å²) in [5.41, 5.74) is 0. The van der Waals surface area contributed by atoms with Crippen molar-refractivity contribution in [2.24, 2.45) is 0 Å². The normalized spacial score (nSPS) is 10.0. The van der Waals surface area contributed by atoms with E-state index in [0.717, 1.165) is 19.4 Å². The molecule has 0 aliphatic heterocycles. The van der Waals surface area contributed by atoms with Gasteiger partial charge in [0.1, 0.15) is 6.61 Å². The maximum atomic E-state index is 11.0. The molecule has 0 spiro atoms. The van der Waals surface area contributed by atoms with Crippen molar-refractivity contribution >= 4 is 17.7 Å². The third-order valence-corrected chi connectivity index (χ3v) is 2.23. The minimum absolute atomic E-state index is 0.00833. The van der Waals surface area contributed by atoms with Crippen LogP contribution in [-0.2, 0) is 9.53 Å². The number of carbonyl (C=O) groups is 1. The van der Waals surface area contributed by atoms with Crippen LogP contribution in [0.25, 0.3) is 0 Å². The lowest BCUT2D eigenvalue weighted by atomic mass is 10.3. The van der Waals surface area contributed by atoms with Crippen LogP contribution in [0.3, 0.4) is 0 Å². The highest BCUT2D eigenvalue weighted by molar-refractivity contribution is 7.98. The van der Waals surface area contributed by atoms with Gasteiger partial charge in [0, 0.05) is 13.2 Å². The molecule has 78 valence electrons. The molecule has 1 N–H and O–H groups in total. The van der Waals surface area contributed by atoms with Crippen molar-refractivity contribution in [3.8, 4) is 0 Å². The number of hydrogen-bond donors (Lipinski definition) is 1. The van der Waals surface area contributed by atoms with E-state index in [1.807, 2.05) is 18.7 Å². The van der Waals surface area contributed by atoms with E-state index in [0.29, 0.717) is 6.61 Å². The number of carbonyl (C=O) groups excluding carboxylic acids is 1. The van der Waals surface area contributed by atoms with E-state index in [9.17, 15) is 4.79 Å². The Balaban J connectivity index is 3.08. The second-order valence-electron chi connectivity index (χ2n) is 2.69. The van der Waals surface area contributed by atoms with Crippen LogP contribution in [0.2, 0.25) is 0 Å². The van der Waals surface area contributed by atoms with Gasteiger partial charge in [-0.1, -0.05) is 0 Å². The molecule has 4 heteroatoms. The molecule has 0 atom stereocenters. The largest absolute Gasteiger partial charge is 0.372 e. The predicted molar refractivity (Wildman–Crippen MR) is 57.1 cm³/mol. The summed E-state index contributed by atoms with van der Waals surface area (Å²) in [6.07, 6.45) is 4.31. The molecule has 3 nitrogen and oxygen atoms in total. The predicted octanol–water partition coefficient (Wildman–Crippen LogP) is 1.28. The van der Waals surface area contributed by atoms with Gasteiger partial charge >= 0.3 is 0 Å². The first-order valence-electron chi connectivity index (χ1n) is 4.64. The molecule has 0 aromatic heterocycles. The summed E-state index contributed by atoms with van der Waals surface area (Å²) in [7, 11) is 0. The molecule has 0 rings (SSSR count). The molecule has 0 saturated carbocycles. The van der Waals surface area contributed by atoms with Crippen molar-refractivity contribution in [2.75, 3.05) is 31.8 Å². The van der Waals surface area contributed by atoms with Crippen LogP contribution in [0.15, 0.2) is 0 Å². The summed E-state index contributed by atoms with van der Waals surface area (Å²) in [4.78, 5) is 11.0. The van der Waals surface area contributed by atoms with Crippen molar-refractivity contribution in [2.45, 2.75) is 19.8 Å². The van der Waals surface area contributed by atoms with Crippen LogP contribution in [0, 0.1) is 0 Å². The molecular formula is C9H19NO2S. The number of nitrogens with one attached hydrogen (secondary N) is 1. The van der Waals surface area contributed by atoms with Crippen LogP contribution in [0.5, 0.6) is 0 Å². The van der Waals surface area contributed by atoms with Gasteiger partial charge in [-0.2, -0.15) is 11.8 Å². The van der Waals surface area contributed by atoms with Gasteiger partial charge < -0.3 is 10.1 Å². The fourth-order valence-corrected chi connectivity index (χ4v) is 1.34. The molecule has 0 saturated heterocycles. The highest BCUT2D eigenvalue weighted by Gasteiger charge is 1.98. The van der Waals surface area contributed by atoms with E-state index in [1.165, 1.54) is 5.75 Å². The number of thioether (sulfide) groups is 1. The lowest BCUT2D eigenvalue weighted by Gasteiger charge is -2.04. The quantitative estimate of drug-likeness (QED) is 0.607. The Morgan fingerprint density at radius 2 is 2.23 bits per heavy atom. The van der Waals surface area contributed by atoms with Crippen molar-refractivity contribution in [1.82, 2.24) is 5.32 Å². The molecule has 0 unspecified atom stereocenters. The summed E-state index contributed by atoms with van der Waals surface area (Å²) in [6.45, 7) is 3.44. The van der Waals surface area contributed by atoms with Crippen molar-refractivity contribution < 1.29 is 9.53 Å². The van der Waals surface area contributed by atoms with Crippen LogP contribution in [0.4, 0.5) is 0 Å². The van der Waals surface area contributed by atoms with Crippen molar-refractivity contribution in [3.05, 3.63) is 0 Å². The third kappa shape index (κ3) is 9.70. The molecule has 0 bridgehead atoms. The van der Waals surface area contributed by atoms with Gasteiger partial charge in [0.25, 0.3) is 0 Å². The van der Waals surface area contributed by atoms with Gasteiger partial charge in [-0.3, -0.25) is 4.79 Å². The maximum Gasteiger partial charge on any atom is 0.245 e. The first-order chi connectivity index (χ1) is 6.31. The van der Waals surface area contributed by atoms with Crippen LogP contribution in [0.1, 0.15) is 19.8 Å². The van der Waals surface area contributed by atoms with E-state index in [-0.39, 0.29) is 12.5 Å². The fraction of sp³-hybridized carbons (Fsp3) is 0.889. The maximum absolute atomic E-state index is 11.0. The molecule has 0 heterocycles. The molecule has 0 aliphatic rings. The summed E-state index contributed by atoms with van der Waals surface area (Å²) in [5.74, 6) is 1.16. The Labute approximate surface area is 84.6 Å². The standard InChI is InChI=1S/C9H19NO2S/c1-3-12-8-9(11)10-6-4-5-7-13-2/h3-8H2,1-2H3,(H,10,11). The summed E-state index contributed by atoms with van der Waals surface area (Å²) >= 11 is 1.84.